The Morgan fingerprint density at radius 2 is 1.74 bits per heavy atom. The SMILES string of the molecule is O=C(CNC(=O)CC1CCCCC1)NCC(O)c1ccccc1. The van der Waals surface area contributed by atoms with Crippen LogP contribution in [0.3, 0.4) is 0 Å². The van der Waals surface area contributed by atoms with Crippen molar-refractivity contribution in [2.24, 2.45) is 5.92 Å². The van der Waals surface area contributed by atoms with Gasteiger partial charge >= 0.3 is 0 Å². The zero-order valence-corrected chi connectivity index (χ0v) is 13.5. The molecule has 0 aliphatic heterocycles. The molecule has 1 aliphatic rings. The minimum Gasteiger partial charge on any atom is -0.387 e. The molecule has 1 unspecified atom stereocenters. The Bertz CT molecular complexity index is 498. The van der Waals surface area contributed by atoms with E-state index in [2.05, 4.69) is 10.6 Å². The first-order chi connectivity index (χ1) is 11.1. The second-order valence-corrected chi connectivity index (χ2v) is 6.22. The third-order valence-electron chi connectivity index (χ3n) is 4.32. The number of carbonyl (C=O) groups excluding carboxylic acids is 2. The van der Waals surface area contributed by atoms with Gasteiger partial charge in [-0.25, -0.2) is 0 Å². The number of aliphatic hydroxyl groups is 1. The highest BCUT2D eigenvalue weighted by Crippen LogP contribution is 2.25. The Morgan fingerprint density at radius 1 is 1.04 bits per heavy atom. The topological polar surface area (TPSA) is 78.4 Å². The first-order valence-electron chi connectivity index (χ1n) is 8.41. The van der Waals surface area contributed by atoms with Crippen molar-refractivity contribution in [3.8, 4) is 0 Å². The van der Waals surface area contributed by atoms with E-state index in [9.17, 15) is 14.7 Å². The highest BCUT2D eigenvalue weighted by atomic mass is 16.3. The van der Waals surface area contributed by atoms with Crippen LogP contribution < -0.4 is 10.6 Å². The average Bonchev–Trinajstić information content (AvgIpc) is 2.59. The van der Waals surface area contributed by atoms with Crippen LogP contribution in [0.5, 0.6) is 0 Å². The lowest BCUT2D eigenvalue weighted by atomic mass is 9.87. The van der Waals surface area contributed by atoms with Crippen LogP contribution in [0.1, 0.15) is 50.2 Å². The molecule has 0 bridgehead atoms. The Morgan fingerprint density at radius 3 is 2.43 bits per heavy atom. The fourth-order valence-electron chi connectivity index (χ4n) is 2.97. The van der Waals surface area contributed by atoms with Crippen molar-refractivity contribution in [2.75, 3.05) is 13.1 Å². The summed E-state index contributed by atoms with van der Waals surface area (Å²) in [7, 11) is 0. The van der Waals surface area contributed by atoms with Gasteiger partial charge in [0.2, 0.25) is 11.8 Å². The number of benzene rings is 1. The lowest BCUT2D eigenvalue weighted by molar-refractivity contribution is -0.127. The van der Waals surface area contributed by atoms with Gasteiger partial charge in [-0.05, 0) is 24.3 Å². The predicted molar refractivity (Wildman–Crippen MR) is 88.6 cm³/mol. The fraction of sp³-hybridized carbons (Fsp3) is 0.556. The van der Waals surface area contributed by atoms with E-state index < -0.39 is 6.10 Å². The second-order valence-electron chi connectivity index (χ2n) is 6.22. The van der Waals surface area contributed by atoms with Crippen molar-refractivity contribution in [2.45, 2.75) is 44.6 Å². The van der Waals surface area contributed by atoms with Crippen molar-refractivity contribution < 1.29 is 14.7 Å². The molecule has 5 heteroatoms. The lowest BCUT2D eigenvalue weighted by Gasteiger charge is -2.20. The van der Waals surface area contributed by atoms with E-state index in [1.165, 1.54) is 19.3 Å². The highest BCUT2D eigenvalue weighted by molar-refractivity contribution is 5.84. The van der Waals surface area contributed by atoms with Crippen LogP contribution in [0.4, 0.5) is 0 Å². The summed E-state index contributed by atoms with van der Waals surface area (Å²) in [6.45, 7) is 0.106. The molecule has 3 N–H and O–H groups in total. The van der Waals surface area contributed by atoms with Crippen LogP contribution >= 0.6 is 0 Å². The third kappa shape index (κ3) is 6.40. The normalized spacial score (nSPS) is 16.6. The van der Waals surface area contributed by atoms with E-state index in [1.807, 2.05) is 30.3 Å². The first-order valence-corrected chi connectivity index (χ1v) is 8.41. The molecular weight excluding hydrogens is 292 g/mol. The molecule has 0 heterocycles. The second kappa shape index (κ2) is 9.30. The van der Waals surface area contributed by atoms with E-state index in [4.69, 9.17) is 0 Å². The maximum Gasteiger partial charge on any atom is 0.239 e. The van der Waals surface area contributed by atoms with E-state index in [0.29, 0.717) is 12.3 Å². The summed E-state index contributed by atoms with van der Waals surface area (Å²) in [5, 5.41) is 15.3. The van der Waals surface area contributed by atoms with Crippen LogP contribution in [-0.2, 0) is 9.59 Å². The van der Waals surface area contributed by atoms with Gasteiger partial charge < -0.3 is 15.7 Å². The van der Waals surface area contributed by atoms with Crippen LogP contribution in [0.2, 0.25) is 0 Å². The monoisotopic (exact) mass is 318 g/mol. The van der Waals surface area contributed by atoms with Gasteiger partial charge in [0.1, 0.15) is 0 Å². The van der Waals surface area contributed by atoms with Gasteiger partial charge in [-0.2, -0.15) is 0 Å². The molecule has 1 fully saturated rings. The molecule has 126 valence electrons. The summed E-state index contributed by atoms with van der Waals surface area (Å²) >= 11 is 0. The molecule has 0 aromatic heterocycles. The minimum atomic E-state index is -0.738. The molecule has 1 saturated carbocycles. The van der Waals surface area contributed by atoms with Crippen LogP contribution in [0, 0.1) is 5.92 Å². The number of hydrogen-bond donors (Lipinski definition) is 3. The van der Waals surface area contributed by atoms with Gasteiger partial charge in [-0.15, -0.1) is 0 Å². The van der Waals surface area contributed by atoms with Gasteiger partial charge in [0.05, 0.1) is 12.6 Å². The maximum absolute atomic E-state index is 11.8. The molecule has 5 nitrogen and oxygen atoms in total. The van der Waals surface area contributed by atoms with Crippen molar-refractivity contribution in [3.05, 3.63) is 35.9 Å². The smallest absolute Gasteiger partial charge is 0.239 e. The van der Waals surface area contributed by atoms with E-state index in [-0.39, 0.29) is 24.9 Å². The summed E-state index contributed by atoms with van der Waals surface area (Å²) in [6, 6.07) is 9.17. The Kier molecular flexibility index (Phi) is 7.07. The average molecular weight is 318 g/mol. The third-order valence-corrected chi connectivity index (χ3v) is 4.32. The predicted octanol–water partition coefficient (Wildman–Crippen LogP) is 1.92. The molecule has 2 rings (SSSR count). The van der Waals surface area contributed by atoms with Crippen molar-refractivity contribution >= 4 is 11.8 Å². The van der Waals surface area contributed by atoms with Gasteiger partial charge in [0.25, 0.3) is 0 Å². The zero-order valence-electron chi connectivity index (χ0n) is 13.5. The molecule has 1 atom stereocenters. The number of rotatable bonds is 7. The first kappa shape index (κ1) is 17.5. The summed E-state index contributed by atoms with van der Waals surface area (Å²) in [5.41, 5.74) is 0.758. The summed E-state index contributed by atoms with van der Waals surface area (Å²) < 4.78 is 0. The van der Waals surface area contributed by atoms with Crippen LogP contribution in [0.15, 0.2) is 30.3 Å². The van der Waals surface area contributed by atoms with Crippen molar-refractivity contribution in [3.63, 3.8) is 0 Å². The van der Waals surface area contributed by atoms with Gasteiger partial charge in [-0.1, -0.05) is 49.6 Å². The van der Waals surface area contributed by atoms with Gasteiger partial charge in [0, 0.05) is 13.0 Å². The minimum absolute atomic E-state index is 0.0347. The molecule has 1 aliphatic carbocycles. The molecule has 1 aromatic carbocycles. The number of amides is 2. The number of hydrogen-bond acceptors (Lipinski definition) is 3. The molecule has 0 saturated heterocycles. The Balaban J connectivity index is 1.61. The highest BCUT2D eigenvalue weighted by Gasteiger charge is 2.17. The van der Waals surface area contributed by atoms with E-state index >= 15 is 0 Å². The standard InChI is InChI=1S/C18H26N2O3/c21-16(15-9-5-2-6-10-15)12-19-18(23)13-20-17(22)11-14-7-3-1-4-8-14/h2,5-6,9-10,14,16,21H,1,3-4,7-8,11-13H2,(H,19,23)(H,20,22). The van der Waals surface area contributed by atoms with E-state index in [0.717, 1.165) is 18.4 Å². The van der Waals surface area contributed by atoms with Gasteiger partial charge in [0.15, 0.2) is 0 Å². The fourth-order valence-corrected chi connectivity index (χ4v) is 2.97. The largest absolute Gasteiger partial charge is 0.387 e. The molecule has 1 aromatic rings. The van der Waals surface area contributed by atoms with Crippen molar-refractivity contribution in [1.82, 2.24) is 10.6 Å². The van der Waals surface area contributed by atoms with Gasteiger partial charge in [-0.3, -0.25) is 9.59 Å². The maximum atomic E-state index is 11.8. The molecule has 0 radical (unpaired) electrons. The lowest BCUT2D eigenvalue weighted by Crippen LogP contribution is -2.39. The summed E-state index contributed by atoms with van der Waals surface area (Å²) in [5.74, 6) is 0.124. The van der Waals surface area contributed by atoms with Crippen LogP contribution in [0.25, 0.3) is 0 Å². The van der Waals surface area contributed by atoms with E-state index in [1.54, 1.807) is 0 Å². The summed E-state index contributed by atoms with van der Waals surface area (Å²) in [6.07, 6.45) is 5.68. The molecule has 0 spiro atoms. The molecule has 23 heavy (non-hydrogen) atoms. The number of carbonyl (C=O) groups is 2. The number of nitrogens with one attached hydrogen (secondary N) is 2. The zero-order chi connectivity index (χ0) is 16.5. The quantitative estimate of drug-likeness (QED) is 0.719. The Labute approximate surface area is 137 Å². The van der Waals surface area contributed by atoms with Crippen LogP contribution in [-0.4, -0.2) is 30.0 Å². The molecular formula is C18H26N2O3. The number of aliphatic hydroxyl groups excluding tert-OH is 1. The van der Waals surface area contributed by atoms with Crippen molar-refractivity contribution in [1.29, 1.82) is 0 Å². The molecule has 2 amide bonds. The Hall–Kier alpha value is -1.88. The summed E-state index contributed by atoms with van der Waals surface area (Å²) in [4.78, 5) is 23.6.